The Hall–Kier alpha value is -1.70. The summed E-state index contributed by atoms with van der Waals surface area (Å²) < 4.78 is 28.0. The van der Waals surface area contributed by atoms with E-state index < -0.39 is 10.0 Å². The van der Waals surface area contributed by atoms with Crippen molar-refractivity contribution in [1.29, 1.82) is 0 Å². The van der Waals surface area contributed by atoms with Crippen molar-refractivity contribution in [2.45, 2.75) is 44.0 Å². The van der Waals surface area contributed by atoms with Crippen LogP contribution in [0.25, 0.3) is 0 Å². The molecule has 150 valence electrons. The number of likely N-dealkylation sites (tertiary alicyclic amines) is 1. The van der Waals surface area contributed by atoms with Crippen molar-refractivity contribution in [3.63, 3.8) is 0 Å². The van der Waals surface area contributed by atoms with Crippen LogP contribution >= 0.6 is 15.9 Å². The van der Waals surface area contributed by atoms with Gasteiger partial charge in [0.15, 0.2) is 0 Å². The summed E-state index contributed by atoms with van der Waals surface area (Å²) in [4.78, 5) is 14.8. The first-order valence-corrected chi connectivity index (χ1v) is 11.7. The highest BCUT2D eigenvalue weighted by molar-refractivity contribution is 9.10. The maximum Gasteiger partial charge on any atom is 0.240 e. The molecule has 1 unspecified atom stereocenters. The van der Waals surface area contributed by atoms with E-state index in [1.54, 1.807) is 18.2 Å². The molecule has 1 atom stereocenters. The van der Waals surface area contributed by atoms with Crippen LogP contribution in [-0.4, -0.2) is 32.3 Å². The van der Waals surface area contributed by atoms with Crippen LogP contribution in [0.3, 0.4) is 0 Å². The molecule has 0 spiro atoms. The lowest BCUT2D eigenvalue weighted by Gasteiger charge is -2.26. The van der Waals surface area contributed by atoms with Crippen LogP contribution in [0.15, 0.2) is 51.8 Å². The number of halogens is 1. The molecule has 0 aliphatic carbocycles. The quantitative estimate of drug-likeness (QED) is 0.699. The Labute approximate surface area is 175 Å². The molecule has 7 heteroatoms. The third-order valence-corrected chi connectivity index (χ3v) is 7.18. The normalized spacial score (nSPS) is 17.1. The van der Waals surface area contributed by atoms with E-state index in [4.69, 9.17) is 0 Å². The van der Waals surface area contributed by atoms with Gasteiger partial charge in [-0.05, 0) is 61.6 Å². The van der Waals surface area contributed by atoms with Gasteiger partial charge in [0.2, 0.25) is 15.9 Å². The molecule has 2 aromatic carbocycles. The molecule has 1 fully saturated rings. The summed E-state index contributed by atoms with van der Waals surface area (Å²) in [5.74, 6) is -0.0160. The van der Waals surface area contributed by atoms with E-state index in [1.807, 2.05) is 4.90 Å². The number of rotatable bonds is 6. The Balaban J connectivity index is 1.61. The Kier molecular flexibility index (Phi) is 6.58. The zero-order valence-electron chi connectivity index (χ0n) is 16.1. The van der Waals surface area contributed by atoms with Crippen LogP contribution in [0.2, 0.25) is 0 Å². The molecule has 3 rings (SSSR count). The van der Waals surface area contributed by atoms with E-state index in [0.717, 1.165) is 24.9 Å². The minimum atomic E-state index is -3.63. The predicted molar refractivity (Wildman–Crippen MR) is 114 cm³/mol. The Morgan fingerprint density at radius 1 is 1.18 bits per heavy atom. The standard InChI is InChI=1S/C21H25BrN2O3S/c1-15-8-9-17(13-16(15)2)20-7-4-12-24(20)21(25)10-11-23-28(26,27)19-6-3-5-18(22)14-19/h3,5-6,8-9,13-14,20,23H,4,7,10-12H2,1-2H3. The fourth-order valence-electron chi connectivity index (χ4n) is 3.54. The molecule has 1 saturated heterocycles. The first-order chi connectivity index (χ1) is 13.3. The number of aryl methyl sites for hydroxylation is 2. The van der Waals surface area contributed by atoms with Gasteiger partial charge in [0.1, 0.15) is 0 Å². The van der Waals surface area contributed by atoms with Gasteiger partial charge < -0.3 is 4.90 Å². The van der Waals surface area contributed by atoms with Gasteiger partial charge in [0.05, 0.1) is 10.9 Å². The van der Waals surface area contributed by atoms with E-state index in [-0.39, 0.29) is 29.8 Å². The Morgan fingerprint density at radius 3 is 2.68 bits per heavy atom. The molecule has 5 nitrogen and oxygen atoms in total. The third kappa shape index (κ3) is 4.82. The largest absolute Gasteiger partial charge is 0.336 e. The SMILES string of the molecule is Cc1ccc(C2CCCN2C(=O)CCNS(=O)(=O)c2cccc(Br)c2)cc1C. The highest BCUT2D eigenvalue weighted by Gasteiger charge is 2.30. The van der Waals surface area contributed by atoms with Gasteiger partial charge in [0, 0.05) is 24.0 Å². The molecule has 0 bridgehead atoms. The molecule has 1 N–H and O–H groups in total. The van der Waals surface area contributed by atoms with Crippen molar-refractivity contribution in [3.05, 3.63) is 63.6 Å². The first-order valence-electron chi connectivity index (χ1n) is 9.40. The molecule has 1 heterocycles. The maximum atomic E-state index is 12.7. The molecule has 1 aliphatic heterocycles. The van der Waals surface area contributed by atoms with Crippen LogP contribution in [0.1, 0.15) is 42.0 Å². The molecule has 1 amide bonds. The number of carbonyl (C=O) groups excluding carboxylic acids is 1. The summed E-state index contributed by atoms with van der Waals surface area (Å²) in [6.07, 6.45) is 2.06. The van der Waals surface area contributed by atoms with Gasteiger partial charge in [0.25, 0.3) is 0 Å². The van der Waals surface area contributed by atoms with Gasteiger partial charge in [-0.1, -0.05) is 40.2 Å². The van der Waals surface area contributed by atoms with E-state index >= 15 is 0 Å². The molecule has 28 heavy (non-hydrogen) atoms. The lowest BCUT2D eigenvalue weighted by atomic mass is 9.99. The van der Waals surface area contributed by atoms with Gasteiger partial charge in [-0.15, -0.1) is 0 Å². The number of sulfonamides is 1. The molecule has 0 aromatic heterocycles. The maximum absolute atomic E-state index is 12.7. The van der Waals surface area contributed by atoms with Gasteiger partial charge in [-0.3, -0.25) is 4.79 Å². The lowest BCUT2D eigenvalue weighted by Crippen LogP contribution is -2.34. The highest BCUT2D eigenvalue weighted by Crippen LogP contribution is 2.33. The Bertz CT molecular complexity index is 975. The number of amides is 1. The number of carbonyl (C=O) groups is 1. The van der Waals surface area contributed by atoms with Crippen molar-refractivity contribution in [2.24, 2.45) is 0 Å². The first kappa shape index (κ1) is 21.0. The summed E-state index contributed by atoms with van der Waals surface area (Å²) in [6.45, 7) is 4.96. The van der Waals surface area contributed by atoms with Crippen LogP contribution in [0.4, 0.5) is 0 Å². The van der Waals surface area contributed by atoms with Gasteiger partial charge in [-0.2, -0.15) is 0 Å². The summed E-state index contributed by atoms with van der Waals surface area (Å²) in [7, 11) is -3.63. The minimum absolute atomic E-state index is 0.0160. The van der Waals surface area contributed by atoms with Crippen molar-refractivity contribution in [1.82, 2.24) is 9.62 Å². The average molecular weight is 465 g/mol. The zero-order valence-corrected chi connectivity index (χ0v) is 18.5. The second-order valence-corrected chi connectivity index (χ2v) is 9.88. The molecular formula is C21H25BrN2O3S. The summed E-state index contributed by atoms with van der Waals surface area (Å²) in [5, 5.41) is 0. The predicted octanol–water partition coefficient (Wildman–Crippen LogP) is 4.10. The van der Waals surface area contributed by atoms with Crippen LogP contribution in [0.5, 0.6) is 0 Å². The van der Waals surface area contributed by atoms with E-state index in [2.05, 4.69) is 52.7 Å². The monoisotopic (exact) mass is 464 g/mol. The van der Waals surface area contributed by atoms with Crippen LogP contribution in [-0.2, 0) is 14.8 Å². The van der Waals surface area contributed by atoms with Gasteiger partial charge >= 0.3 is 0 Å². The average Bonchev–Trinajstić information content (AvgIpc) is 3.13. The molecule has 0 radical (unpaired) electrons. The van der Waals surface area contributed by atoms with E-state index in [9.17, 15) is 13.2 Å². The van der Waals surface area contributed by atoms with Crippen molar-refractivity contribution in [2.75, 3.05) is 13.1 Å². The third-order valence-electron chi connectivity index (χ3n) is 5.23. The molecular weight excluding hydrogens is 440 g/mol. The number of hydrogen-bond acceptors (Lipinski definition) is 3. The van der Waals surface area contributed by atoms with Crippen LogP contribution in [0, 0.1) is 13.8 Å². The summed E-state index contributed by atoms with van der Waals surface area (Å²) >= 11 is 3.28. The van der Waals surface area contributed by atoms with Crippen LogP contribution < -0.4 is 4.72 Å². The zero-order chi connectivity index (χ0) is 20.3. The van der Waals surface area contributed by atoms with Crippen molar-refractivity contribution >= 4 is 31.9 Å². The van der Waals surface area contributed by atoms with E-state index in [0.29, 0.717) is 4.47 Å². The highest BCUT2D eigenvalue weighted by atomic mass is 79.9. The minimum Gasteiger partial charge on any atom is -0.336 e. The summed E-state index contributed by atoms with van der Waals surface area (Å²) in [5.41, 5.74) is 3.61. The molecule has 2 aromatic rings. The number of nitrogens with zero attached hydrogens (tertiary/aromatic N) is 1. The fraction of sp³-hybridized carbons (Fsp3) is 0.381. The number of hydrogen-bond donors (Lipinski definition) is 1. The Morgan fingerprint density at radius 2 is 1.96 bits per heavy atom. The fourth-order valence-corrected chi connectivity index (χ4v) is 5.17. The molecule has 1 aliphatic rings. The number of nitrogens with one attached hydrogen (secondary N) is 1. The van der Waals surface area contributed by atoms with Crippen molar-refractivity contribution in [3.8, 4) is 0 Å². The van der Waals surface area contributed by atoms with Gasteiger partial charge in [-0.25, -0.2) is 13.1 Å². The smallest absolute Gasteiger partial charge is 0.240 e. The number of benzene rings is 2. The second kappa shape index (κ2) is 8.76. The molecule has 0 saturated carbocycles. The topological polar surface area (TPSA) is 66.5 Å². The lowest BCUT2D eigenvalue weighted by molar-refractivity contribution is -0.131. The summed E-state index contributed by atoms with van der Waals surface area (Å²) in [6, 6.07) is 12.9. The van der Waals surface area contributed by atoms with Crippen molar-refractivity contribution < 1.29 is 13.2 Å². The van der Waals surface area contributed by atoms with E-state index in [1.165, 1.54) is 17.2 Å². The second-order valence-electron chi connectivity index (χ2n) is 7.19.